The number of ether oxygens (including phenoxy) is 1. The van der Waals surface area contributed by atoms with Crippen molar-refractivity contribution < 1.29 is 13.9 Å². The maximum absolute atomic E-state index is 13.9. The maximum atomic E-state index is 13.9. The summed E-state index contributed by atoms with van der Waals surface area (Å²) in [6.07, 6.45) is 0. The van der Waals surface area contributed by atoms with Gasteiger partial charge in [-0.15, -0.1) is 0 Å². The molecular formula is C15H15FN2O2. The molecule has 0 heterocycles. The van der Waals surface area contributed by atoms with Crippen molar-refractivity contribution in [3.05, 3.63) is 53.3 Å². The van der Waals surface area contributed by atoms with Crippen LogP contribution in [0.25, 0.3) is 0 Å². The summed E-state index contributed by atoms with van der Waals surface area (Å²) in [6, 6.07) is 9.89. The number of methoxy groups -OCH3 is 1. The Morgan fingerprint density at radius 2 is 1.90 bits per heavy atom. The highest BCUT2D eigenvalue weighted by Crippen LogP contribution is 2.26. The van der Waals surface area contributed by atoms with Crippen LogP contribution in [0, 0.1) is 12.7 Å². The number of halogens is 1. The zero-order valence-corrected chi connectivity index (χ0v) is 11.2. The molecule has 2 aromatic carbocycles. The molecule has 0 aromatic heterocycles. The van der Waals surface area contributed by atoms with Gasteiger partial charge in [-0.1, -0.05) is 17.7 Å². The average Bonchev–Trinajstić information content (AvgIpc) is 2.43. The number of hydrogen-bond donors (Lipinski definition) is 2. The van der Waals surface area contributed by atoms with Gasteiger partial charge in [0, 0.05) is 11.4 Å². The number of aryl methyl sites for hydroxylation is 1. The summed E-state index contributed by atoms with van der Waals surface area (Å²) in [5, 5.41) is 2.91. The van der Waals surface area contributed by atoms with E-state index < -0.39 is 11.8 Å². The minimum atomic E-state index is -0.602. The third kappa shape index (κ3) is 2.88. The number of rotatable bonds is 3. The van der Waals surface area contributed by atoms with Crippen LogP contribution < -0.4 is 11.1 Å². The normalized spacial score (nSPS) is 10.2. The van der Waals surface area contributed by atoms with Gasteiger partial charge in [-0.05, 0) is 31.2 Å². The monoisotopic (exact) mass is 274 g/mol. The lowest BCUT2D eigenvalue weighted by Crippen LogP contribution is -2.07. The van der Waals surface area contributed by atoms with Crippen LogP contribution in [0.1, 0.15) is 15.9 Å². The molecule has 0 saturated heterocycles. The molecule has 3 N–H and O–H groups in total. The van der Waals surface area contributed by atoms with Crippen molar-refractivity contribution >= 4 is 23.0 Å². The summed E-state index contributed by atoms with van der Waals surface area (Å²) in [4.78, 5) is 11.5. The number of hydrogen-bond acceptors (Lipinski definition) is 4. The number of benzene rings is 2. The van der Waals surface area contributed by atoms with E-state index in [1.807, 2.05) is 31.2 Å². The molecule has 0 aliphatic rings. The Morgan fingerprint density at radius 1 is 1.25 bits per heavy atom. The molecule has 0 atom stereocenters. The largest absolute Gasteiger partial charge is 0.465 e. The van der Waals surface area contributed by atoms with Crippen LogP contribution >= 0.6 is 0 Å². The number of carbonyl (C=O) groups excluding carboxylic acids is 1. The summed E-state index contributed by atoms with van der Waals surface area (Å²) < 4.78 is 18.5. The number of anilines is 3. The first-order valence-electron chi connectivity index (χ1n) is 6.02. The number of nitrogens with two attached hydrogens (primary N) is 1. The summed E-state index contributed by atoms with van der Waals surface area (Å²) in [5.74, 6) is -1.13. The van der Waals surface area contributed by atoms with E-state index in [1.165, 1.54) is 13.2 Å². The van der Waals surface area contributed by atoms with Gasteiger partial charge in [0.05, 0.1) is 18.4 Å². The van der Waals surface area contributed by atoms with E-state index in [1.54, 1.807) is 0 Å². The summed E-state index contributed by atoms with van der Waals surface area (Å²) in [7, 11) is 1.25. The molecule has 0 bridgehead atoms. The average molecular weight is 274 g/mol. The lowest BCUT2D eigenvalue weighted by atomic mass is 10.1. The molecule has 5 heteroatoms. The van der Waals surface area contributed by atoms with Crippen molar-refractivity contribution in [3.63, 3.8) is 0 Å². The smallest absolute Gasteiger partial charge is 0.340 e. The molecule has 20 heavy (non-hydrogen) atoms. The third-order valence-corrected chi connectivity index (χ3v) is 2.88. The third-order valence-electron chi connectivity index (χ3n) is 2.88. The van der Waals surface area contributed by atoms with E-state index in [4.69, 9.17) is 5.73 Å². The predicted octanol–water partition coefficient (Wildman–Crippen LogP) is 3.25. The van der Waals surface area contributed by atoms with Crippen molar-refractivity contribution in [2.45, 2.75) is 6.92 Å². The number of nitrogens with one attached hydrogen (secondary N) is 1. The van der Waals surface area contributed by atoms with Crippen LogP contribution in [0.4, 0.5) is 21.5 Å². The van der Waals surface area contributed by atoms with Crippen LogP contribution in [0.3, 0.4) is 0 Å². The molecule has 4 nitrogen and oxygen atoms in total. The Balaban J connectivity index is 2.36. The molecule has 0 aliphatic heterocycles. The zero-order chi connectivity index (χ0) is 14.7. The number of carbonyl (C=O) groups is 1. The van der Waals surface area contributed by atoms with Crippen LogP contribution in [-0.4, -0.2) is 13.1 Å². The van der Waals surface area contributed by atoms with Crippen molar-refractivity contribution in [1.82, 2.24) is 0 Å². The van der Waals surface area contributed by atoms with Gasteiger partial charge < -0.3 is 15.8 Å². The first kappa shape index (κ1) is 13.9. The highest BCUT2D eigenvalue weighted by Gasteiger charge is 2.14. The van der Waals surface area contributed by atoms with Gasteiger partial charge >= 0.3 is 5.97 Å². The topological polar surface area (TPSA) is 64.3 Å². The predicted molar refractivity (Wildman–Crippen MR) is 76.6 cm³/mol. The zero-order valence-electron chi connectivity index (χ0n) is 11.2. The van der Waals surface area contributed by atoms with Gasteiger partial charge in [-0.3, -0.25) is 0 Å². The minimum absolute atomic E-state index is 0.0452. The van der Waals surface area contributed by atoms with E-state index in [0.717, 1.165) is 17.3 Å². The van der Waals surface area contributed by atoms with E-state index >= 15 is 0 Å². The minimum Gasteiger partial charge on any atom is -0.465 e. The molecule has 104 valence electrons. The van der Waals surface area contributed by atoms with Crippen LogP contribution in [0.2, 0.25) is 0 Å². The second-order valence-corrected chi connectivity index (χ2v) is 4.40. The maximum Gasteiger partial charge on any atom is 0.340 e. The van der Waals surface area contributed by atoms with Crippen molar-refractivity contribution in [2.75, 3.05) is 18.2 Å². The molecule has 0 fully saturated rings. The summed E-state index contributed by atoms with van der Waals surface area (Å²) in [5.41, 5.74) is 7.77. The molecule has 0 amide bonds. The first-order valence-corrected chi connectivity index (χ1v) is 6.02. The molecule has 0 saturated carbocycles. The van der Waals surface area contributed by atoms with Crippen LogP contribution in [0.5, 0.6) is 0 Å². The fourth-order valence-electron chi connectivity index (χ4n) is 1.76. The lowest BCUT2D eigenvalue weighted by Gasteiger charge is -2.11. The van der Waals surface area contributed by atoms with Gasteiger partial charge in [0.25, 0.3) is 0 Å². The Kier molecular flexibility index (Phi) is 3.89. The van der Waals surface area contributed by atoms with E-state index in [-0.39, 0.29) is 16.9 Å². The summed E-state index contributed by atoms with van der Waals surface area (Å²) >= 11 is 0. The van der Waals surface area contributed by atoms with Gasteiger partial charge in [0.15, 0.2) is 0 Å². The summed E-state index contributed by atoms with van der Waals surface area (Å²) in [6.45, 7) is 1.96. The fourth-order valence-corrected chi connectivity index (χ4v) is 1.76. The van der Waals surface area contributed by atoms with Gasteiger partial charge in [0.2, 0.25) is 0 Å². The molecular weight excluding hydrogens is 259 g/mol. The SMILES string of the molecule is COC(=O)c1cc(Nc2ccc(C)cc2)c(F)cc1N. The van der Waals surface area contributed by atoms with E-state index in [0.29, 0.717) is 0 Å². The Hall–Kier alpha value is -2.56. The Bertz CT molecular complexity index is 639. The fraction of sp³-hybridized carbons (Fsp3) is 0.133. The highest BCUT2D eigenvalue weighted by atomic mass is 19.1. The molecule has 0 spiro atoms. The molecule has 0 aliphatic carbocycles. The number of nitrogen functional groups attached to an aromatic ring is 1. The standard InChI is InChI=1S/C15H15FN2O2/c1-9-3-5-10(6-4-9)18-14-7-11(15(19)20-2)13(17)8-12(14)16/h3-8,18H,17H2,1-2H3. The Morgan fingerprint density at radius 3 is 2.50 bits per heavy atom. The van der Waals surface area contributed by atoms with Gasteiger partial charge in [0.1, 0.15) is 5.82 Å². The Labute approximate surface area is 116 Å². The van der Waals surface area contributed by atoms with Gasteiger partial charge in [-0.25, -0.2) is 9.18 Å². The van der Waals surface area contributed by atoms with Crippen molar-refractivity contribution in [2.24, 2.45) is 0 Å². The second-order valence-electron chi connectivity index (χ2n) is 4.40. The molecule has 0 radical (unpaired) electrons. The lowest BCUT2D eigenvalue weighted by molar-refractivity contribution is 0.0602. The van der Waals surface area contributed by atoms with Crippen molar-refractivity contribution in [1.29, 1.82) is 0 Å². The van der Waals surface area contributed by atoms with E-state index in [2.05, 4.69) is 10.1 Å². The first-order chi connectivity index (χ1) is 9.51. The van der Waals surface area contributed by atoms with Gasteiger partial charge in [-0.2, -0.15) is 0 Å². The number of esters is 1. The quantitative estimate of drug-likeness (QED) is 0.666. The molecule has 0 unspecified atom stereocenters. The molecule has 2 aromatic rings. The van der Waals surface area contributed by atoms with Crippen LogP contribution in [-0.2, 0) is 4.74 Å². The molecule has 2 rings (SSSR count). The van der Waals surface area contributed by atoms with Crippen LogP contribution in [0.15, 0.2) is 36.4 Å². The van der Waals surface area contributed by atoms with Crippen molar-refractivity contribution in [3.8, 4) is 0 Å². The second kappa shape index (κ2) is 5.61. The van der Waals surface area contributed by atoms with E-state index in [9.17, 15) is 9.18 Å². The highest BCUT2D eigenvalue weighted by molar-refractivity contribution is 5.96.